The smallest absolute Gasteiger partial charge is 0.268 e. The summed E-state index contributed by atoms with van der Waals surface area (Å²) >= 11 is 0. The van der Waals surface area contributed by atoms with Crippen LogP contribution in [-0.2, 0) is 19.4 Å². The van der Waals surface area contributed by atoms with Gasteiger partial charge in [-0.3, -0.25) is 4.79 Å². The monoisotopic (exact) mass is 346 g/mol. The molecule has 0 fully saturated rings. The van der Waals surface area contributed by atoms with Crippen molar-refractivity contribution in [3.05, 3.63) is 57.9 Å². The Balaban J connectivity index is 2.08. The molecule has 134 valence electrons. The first kappa shape index (κ1) is 17.6. The molecule has 1 aromatic carbocycles. The molecule has 1 amide bonds. The molecule has 1 aliphatic carbocycles. The second-order valence-corrected chi connectivity index (χ2v) is 7.06. The lowest BCUT2D eigenvalue weighted by molar-refractivity contribution is 0.0933. The third-order valence-electron chi connectivity index (χ3n) is 4.82. The van der Waals surface area contributed by atoms with Crippen LogP contribution in [0.2, 0.25) is 0 Å². The Hall–Kier alpha value is -2.17. The minimum atomic E-state index is -0.593. The number of aromatic nitrogens is 1. The number of halogens is 2. The number of nitrogens with zero attached hydrogens (tertiary/aromatic N) is 1. The summed E-state index contributed by atoms with van der Waals surface area (Å²) in [4.78, 5) is 12.8. The van der Waals surface area contributed by atoms with Crippen LogP contribution in [0.4, 0.5) is 8.78 Å². The van der Waals surface area contributed by atoms with Gasteiger partial charge in [0, 0.05) is 23.4 Å². The van der Waals surface area contributed by atoms with E-state index in [1.165, 1.54) is 17.7 Å². The third kappa shape index (κ3) is 3.46. The van der Waals surface area contributed by atoms with Crippen molar-refractivity contribution in [1.82, 2.24) is 9.88 Å². The van der Waals surface area contributed by atoms with Crippen LogP contribution in [0.1, 0.15) is 59.6 Å². The molecule has 0 radical (unpaired) electrons. The molecule has 1 N–H and O–H groups in total. The lowest BCUT2D eigenvalue weighted by Crippen LogP contribution is -2.32. The van der Waals surface area contributed by atoms with Crippen LogP contribution in [-0.4, -0.2) is 16.5 Å². The van der Waals surface area contributed by atoms with Gasteiger partial charge in [0.2, 0.25) is 0 Å². The maximum Gasteiger partial charge on any atom is 0.268 e. The maximum absolute atomic E-state index is 14.2. The number of hydrogen-bond acceptors (Lipinski definition) is 1. The summed E-state index contributed by atoms with van der Waals surface area (Å²) in [5, 5.41) is 2.95. The molecule has 3 rings (SSSR count). The Labute approximate surface area is 147 Å². The second kappa shape index (κ2) is 6.98. The van der Waals surface area contributed by atoms with Crippen LogP contribution in [0, 0.1) is 18.6 Å². The van der Waals surface area contributed by atoms with E-state index in [0.717, 1.165) is 43.0 Å². The average Bonchev–Trinajstić information content (AvgIpc) is 2.82. The molecular weight excluding hydrogens is 322 g/mol. The second-order valence-electron chi connectivity index (χ2n) is 7.06. The van der Waals surface area contributed by atoms with Gasteiger partial charge in [-0.2, -0.15) is 0 Å². The average molecular weight is 346 g/mol. The lowest BCUT2D eigenvalue weighted by Gasteiger charge is -2.18. The van der Waals surface area contributed by atoms with Crippen LogP contribution in [0.5, 0.6) is 0 Å². The predicted octanol–water partition coefficient (Wildman–Crippen LogP) is 4.14. The summed E-state index contributed by atoms with van der Waals surface area (Å²) in [6.45, 7) is 6.04. The van der Waals surface area contributed by atoms with E-state index in [-0.39, 0.29) is 18.5 Å². The third-order valence-corrected chi connectivity index (χ3v) is 4.82. The highest BCUT2D eigenvalue weighted by Crippen LogP contribution is 2.31. The van der Waals surface area contributed by atoms with Gasteiger partial charge in [-0.1, -0.05) is 6.07 Å². The van der Waals surface area contributed by atoms with Gasteiger partial charge >= 0.3 is 0 Å². The first-order chi connectivity index (χ1) is 11.9. The molecule has 0 unspecified atom stereocenters. The summed E-state index contributed by atoms with van der Waals surface area (Å²) in [6, 6.07) is 3.63. The number of carbonyl (C=O) groups excluding carboxylic acids is 1. The summed E-state index contributed by atoms with van der Waals surface area (Å²) < 4.78 is 29.3. The van der Waals surface area contributed by atoms with Crippen molar-refractivity contribution >= 4 is 5.91 Å². The molecule has 0 aliphatic heterocycles. The first-order valence-electron chi connectivity index (χ1n) is 8.84. The number of fused-ring (bicyclic) bond motifs is 1. The zero-order chi connectivity index (χ0) is 18.1. The zero-order valence-electron chi connectivity index (χ0n) is 15.0. The standard InChI is InChI=1S/C20H24F2N2O/c1-12(2)23-20(25)19-13(3)16-6-4-5-7-18(16)24(19)11-14-8-9-15(21)10-17(14)22/h8-10,12H,4-7,11H2,1-3H3,(H,23,25). The summed E-state index contributed by atoms with van der Waals surface area (Å²) in [6.07, 6.45) is 4.00. The predicted molar refractivity (Wildman–Crippen MR) is 93.9 cm³/mol. The highest BCUT2D eigenvalue weighted by Gasteiger charge is 2.26. The molecule has 2 aromatic rings. The fourth-order valence-electron chi connectivity index (χ4n) is 3.69. The number of nitrogens with one attached hydrogen (secondary N) is 1. The molecule has 1 aliphatic rings. The lowest BCUT2D eigenvalue weighted by atomic mass is 9.95. The normalized spacial score (nSPS) is 13.8. The Morgan fingerprint density at radius 3 is 2.64 bits per heavy atom. The van der Waals surface area contributed by atoms with Gasteiger partial charge in [-0.25, -0.2) is 8.78 Å². The highest BCUT2D eigenvalue weighted by atomic mass is 19.1. The minimum Gasteiger partial charge on any atom is -0.349 e. The Bertz CT molecular complexity index is 809. The summed E-state index contributed by atoms with van der Waals surface area (Å²) in [5.74, 6) is -1.31. The van der Waals surface area contributed by atoms with E-state index >= 15 is 0 Å². The molecule has 1 aromatic heterocycles. The van der Waals surface area contributed by atoms with E-state index in [4.69, 9.17) is 0 Å². The fraction of sp³-hybridized carbons (Fsp3) is 0.450. The van der Waals surface area contributed by atoms with E-state index in [0.29, 0.717) is 11.3 Å². The molecular formula is C20H24F2N2O. The van der Waals surface area contributed by atoms with Crippen LogP contribution in [0.3, 0.4) is 0 Å². The van der Waals surface area contributed by atoms with Crippen LogP contribution in [0.25, 0.3) is 0 Å². The summed E-state index contributed by atoms with van der Waals surface area (Å²) in [7, 11) is 0. The van der Waals surface area contributed by atoms with E-state index in [1.54, 1.807) is 0 Å². The van der Waals surface area contributed by atoms with Crippen molar-refractivity contribution in [2.45, 2.75) is 59.0 Å². The Morgan fingerprint density at radius 1 is 1.24 bits per heavy atom. The molecule has 0 saturated heterocycles. The summed E-state index contributed by atoms with van der Waals surface area (Å²) in [5.41, 5.74) is 4.30. The van der Waals surface area contributed by atoms with E-state index in [2.05, 4.69) is 5.32 Å². The number of rotatable bonds is 4. The molecule has 25 heavy (non-hydrogen) atoms. The van der Waals surface area contributed by atoms with Gasteiger partial charge < -0.3 is 9.88 Å². The van der Waals surface area contributed by atoms with E-state index < -0.39 is 11.6 Å². The molecule has 3 nitrogen and oxygen atoms in total. The number of amides is 1. The molecule has 5 heteroatoms. The zero-order valence-corrected chi connectivity index (χ0v) is 15.0. The van der Waals surface area contributed by atoms with Crippen molar-refractivity contribution in [3.8, 4) is 0 Å². The Kier molecular flexibility index (Phi) is 4.93. The largest absolute Gasteiger partial charge is 0.349 e. The van der Waals surface area contributed by atoms with E-state index in [1.807, 2.05) is 25.3 Å². The maximum atomic E-state index is 14.2. The number of benzene rings is 1. The van der Waals surface area contributed by atoms with Gasteiger partial charge in [-0.15, -0.1) is 0 Å². The number of carbonyl (C=O) groups is 1. The van der Waals surface area contributed by atoms with Crippen molar-refractivity contribution < 1.29 is 13.6 Å². The van der Waals surface area contributed by atoms with Crippen LogP contribution >= 0.6 is 0 Å². The topological polar surface area (TPSA) is 34.0 Å². The minimum absolute atomic E-state index is 0.0230. The van der Waals surface area contributed by atoms with Crippen molar-refractivity contribution in [3.63, 3.8) is 0 Å². The molecule has 0 bridgehead atoms. The van der Waals surface area contributed by atoms with Gasteiger partial charge in [0.15, 0.2) is 0 Å². The Morgan fingerprint density at radius 2 is 1.96 bits per heavy atom. The molecule has 0 saturated carbocycles. The fourth-order valence-corrected chi connectivity index (χ4v) is 3.69. The molecule has 1 heterocycles. The van der Waals surface area contributed by atoms with Crippen molar-refractivity contribution in [2.24, 2.45) is 0 Å². The van der Waals surface area contributed by atoms with Crippen LogP contribution in [0.15, 0.2) is 18.2 Å². The molecule has 0 spiro atoms. The van der Waals surface area contributed by atoms with Crippen molar-refractivity contribution in [2.75, 3.05) is 0 Å². The SMILES string of the molecule is Cc1c2c(n(Cc3ccc(F)cc3F)c1C(=O)NC(C)C)CCCC2. The van der Waals surface area contributed by atoms with Gasteiger partial charge in [0.25, 0.3) is 5.91 Å². The molecule has 0 atom stereocenters. The van der Waals surface area contributed by atoms with Gasteiger partial charge in [0.05, 0.1) is 6.54 Å². The van der Waals surface area contributed by atoms with Crippen LogP contribution < -0.4 is 5.32 Å². The first-order valence-corrected chi connectivity index (χ1v) is 8.84. The van der Waals surface area contributed by atoms with Gasteiger partial charge in [-0.05, 0) is 63.6 Å². The van der Waals surface area contributed by atoms with Gasteiger partial charge in [0.1, 0.15) is 17.3 Å². The van der Waals surface area contributed by atoms with E-state index in [9.17, 15) is 13.6 Å². The van der Waals surface area contributed by atoms with Crippen molar-refractivity contribution in [1.29, 1.82) is 0 Å². The quantitative estimate of drug-likeness (QED) is 0.887. The highest BCUT2D eigenvalue weighted by molar-refractivity contribution is 5.95. The number of hydrogen-bond donors (Lipinski definition) is 1.